The maximum absolute atomic E-state index is 12.9. The van der Waals surface area contributed by atoms with Crippen LogP contribution in [0.2, 0.25) is 0 Å². The molecule has 0 saturated carbocycles. The predicted molar refractivity (Wildman–Crippen MR) is 71.5 cm³/mol. The minimum atomic E-state index is -0.242. The number of nitrogen functional groups attached to an aromatic ring is 1. The van der Waals surface area contributed by atoms with E-state index in [2.05, 4.69) is 4.98 Å². The molecule has 0 atom stereocenters. The summed E-state index contributed by atoms with van der Waals surface area (Å²) in [5.74, 6) is -0.242. The molecule has 0 amide bonds. The minimum absolute atomic E-state index is 0.242. The van der Waals surface area contributed by atoms with Crippen molar-refractivity contribution in [3.05, 3.63) is 60.5 Å². The highest BCUT2D eigenvalue weighted by molar-refractivity contribution is 5.93. The number of benzene rings is 2. The molecule has 0 saturated heterocycles. The highest BCUT2D eigenvalue weighted by Gasteiger charge is 2.04. The van der Waals surface area contributed by atoms with Gasteiger partial charge in [0.25, 0.3) is 0 Å². The van der Waals surface area contributed by atoms with Gasteiger partial charge < -0.3 is 5.73 Å². The predicted octanol–water partition coefficient (Wildman–Crippen LogP) is 3.62. The molecule has 0 radical (unpaired) electrons. The molecule has 1 heterocycles. The summed E-state index contributed by atoms with van der Waals surface area (Å²) in [4.78, 5) is 4.24. The van der Waals surface area contributed by atoms with Crippen molar-refractivity contribution in [2.45, 2.75) is 0 Å². The number of nitrogens with zero attached hydrogens (tertiary/aromatic N) is 1. The average Bonchev–Trinajstić information content (AvgIpc) is 2.39. The second kappa shape index (κ2) is 4.11. The summed E-state index contributed by atoms with van der Waals surface area (Å²) in [6, 6.07) is 14.1. The molecule has 0 unspecified atom stereocenters. The molecule has 18 heavy (non-hydrogen) atoms. The van der Waals surface area contributed by atoms with E-state index in [4.69, 9.17) is 5.73 Å². The molecule has 3 aromatic rings. The van der Waals surface area contributed by atoms with E-state index in [0.717, 1.165) is 22.0 Å². The largest absolute Gasteiger partial charge is 0.397 e. The Bertz CT molecular complexity index is 705. The van der Waals surface area contributed by atoms with Gasteiger partial charge in [0.05, 0.1) is 11.2 Å². The summed E-state index contributed by atoms with van der Waals surface area (Å²) >= 11 is 0. The zero-order valence-electron chi connectivity index (χ0n) is 9.60. The zero-order chi connectivity index (χ0) is 12.5. The zero-order valence-corrected chi connectivity index (χ0v) is 9.60. The highest BCUT2D eigenvalue weighted by atomic mass is 19.1. The van der Waals surface area contributed by atoms with Crippen LogP contribution in [0.15, 0.2) is 54.7 Å². The standard InChI is InChI=1S/C15H11FN2/c16-13-5-3-10(4-6-13)12-8-11-2-1-7-18-15(11)14(17)9-12/h1-9H,17H2. The molecular weight excluding hydrogens is 227 g/mol. The normalized spacial score (nSPS) is 10.7. The van der Waals surface area contributed by atoms with Crippen LogP contribution >= 0.6 is 0 Å². The number of hydrogen-bond acceptors (Lipinski definition) is 2. The quantitative estimate of drug-likeness (QED) is 0.657. The molecule has 0 aliphatic carbocycles. The average molecular weight is 238 g/mol. The molecule has 0 bridgehead atoms. The summed E-state index contributed by atoms with van der Waals surface area (Å²) in [6.45, 7) is 0. The lowest BCUT2D eigenvalue weighted by atomic mass is 10.0. The summed E-state index contributed by atoms with van der Waals surface area (Å²) in [5.41, 5.74) is 9.32. The molecular formula is C15H11FN2. The van der Waals surface area contributed by atoms with Crippen LogP contribution in [0, 0.1) is 5.82 Å². The van der Waals surface area contributed by atoms with E-state index in [-0.39, 0.29) is 5.82 Å². The fraction of sp³-hybridized carbons (Fsp3) is 0. The molecule has 2 aromatic carbocycles. The number of pyridine rings is 1. The van der Waals surface area contributed by atoms with E-state index in [1.807, 2.05) is 24.3 Å². The summed E-state index contributed by atoms with van der Waals surface area (Å²) in [7, 11) is 0. The van der Waals surface area contributed by atoms with Crippen LogP contribution in [0.4, 0.5) is 10.1 Å². The van der Waals surface area contributed by atoms with E-state index in [1.54, 1.807) is 18.3 Å². The lowest BCUT2D eigenvalue weighted by molar-refractivity contribution is 0.628. The maximum atomic E-state index is 12.9. The minimum Gasteiger partial charge on any atom is -0.397 e. The molecule has 0 spiro atoms. The lowest BCUT2D eigenvalue weighted by Gasteiger charge is -2.06. The van der Waals surface area contributed by atoms with E-state index in [0.29, 0.717) is 5.69 Å². The van der Waals surface area contributed by atoms with Crippen molar-refractivity contribution in [1.29, 1.82) is 0 Å². The van der Waals surface area contributed by atoms with Crippen molar-refractivity contribution >= 4 is 16.6 Å². The number of aromatic nitrogens is 1. The van der Waals surface area contributed by atoms with Crippen LogP contribution in [0.1, 0.15) is 0 Å². The van der Waals surface area contributed by atoms with Gasteiger partial charge in [-0.05, 0) is 41.5 Å². The molecule has 1 aromatic heterocycles. The van der Waals surface area contributed by atoms with Gasteiger partial charge in [-0.2, -0.15) is 0 Å². The van der Waals surface area contributed by atoms with Crippen LogP contribution in [-0.4, -0.2) is 4.98 Å². The first kappa shape index (κ1) is 10.7. The lowest BCUT2D eigenvalue weighted by Crippen LogP contribution is -1.91. The first-order chi connectivity index (χ1) is 8.74. The Morgan fingerprint density at radius 1 is 0.944 bits per heavy atom. The number of fused-ring (bicyclic) bond motifs is 1. The third-order valence-electron chi connectivity index (χ3n) is 2.91. The fourth-order valence-electron chi connectivity index (χ4n) is 2.03. The van der Waals surface area contributed by atoms with E-state index >= 15 is 0 Å². The molecule has 0 aliphatic heterocycles. The summed E-state index contributed by atoms with van der Waals surface area (Å²) < 4.78 is 12.9. The SMILES string of the molecule is Nc1cc(-c2ccc(F)cc2)cc2cccnc12. The van der Waals surface area contributed by atoms with Crippen LogP contribution in [0.3, 0.4) is 0 Å². The van der Waals surface area contributed by atoms with Gasteiger partial charge >= 0.3 is 0 Å². The van der Waals surface area contributed by atoms with Crippen molar-refractivity contribution in [3.8, 4) is 11.1 Å². The second-order valence-electron chi connectivity index (χ2n) is 4.15. The maximum Gasteiger partial charge on any atom is 0.123 e. The van der Waals surface area contributed by atoms with Gasteiger partial charge in [0, 0.05) is 11.6 Å². The van der Waals surface area contributed by atoms with E-state index in [9.17, 15) is 4.39 Å². The Morgan fingerprint density at radius 3 is 2.50 bits per heavy atom. The first-order valence-corrected chi connectivity index (χ1v) is 5.64. The molecule has 3 heteroatoms. The Labute approximate surface area is 104 Å². The second-order valence-corrected chi connectivity index (χ2v) is 4.15. The molecule has 0 fully saturated rings. The van der Waals surface area contributed by atoms with Crippen molar-refractivity contribution in [1.82, 2.24) is 4.98 Å². The van der Waals surface area contributed by atoms with Gasteiger partial charge in [-0.3, -0.25) is 4.98 Å². The van der Waals surface area contributed by atoms with Gasteiger partial charge in [-0.25, -0.2) is 4.39 Å². The third-order valence-corrected chi connectivity index (χ3v) is 2.91. The van der Waals surface area contributed by atoms with Gasteiger partial charge in [-0.15, -0.1) is 0 Å². The van der Waals surface area contributed by atoms with Crippen molar-refractivity contribution < 1.29 is 4.39 Å². The molecule has 2 N–H and O–H groups in total. The van der Waals surface area contributed by atoms with Gasteiger partial charge in [0.1, 0.15) is 5.82 Å². The van der Waals surface area contributed by atoms with Crippen molar-refractivity contribution in [2.75, 3.05) is 5.73 Å². The summed E-state index contributed by atoms with van der Waals surface area (Å²) in [5, 5.41) is 0.983. The van der Waals surface area contributed by atoms with Gasteiger partial charge in [0.15, 0.2) is 0 Å². The van der Waals surface area contributed by atoms with Crippen LogP contribution < -0.4 is 5.73 Å². The third kappa shape index (κ3) is 1.80. The molecule has 88 valence electrons. The van der Waals surface area contributed by atoms with E-state index < -0.39 is 0 Å². The Hall–Kier alpha value is -2.42. The Morgan fingerprint density at radius 2 is 1.72 bits per heavy atom. The van der Waals surface area contributed by atoms with Crippen molar-refractivity contribution in [2.24, 2.45) is 0 Å². The van der Waals surface area contributed by atoms with Crippen molar-refractivity contribution in [3.63, 3.8) is 0 Å². The number of rotatable bonds is 1. The van der Waals surface area contributed by atoms with Gasteiger partial charge in [-0.1, -0.05) is 18.2 Å². The number of nitrogens with two attached hydrogens (primary N) is 1. The van der Waals surface area contributed by atoms with Crippen LogP contribution in [0.25, 0.3) is 22.0 Å². The van der Waals surface area contributed by atoms with E-state index in [1.165, 1.54) is 12.1 Å². The number of hydrogen-bond donors (Lipinski definition) is 1. The molecule has 2 nitrogen and oxygen atoms in total. The van der Waals surface area contributed by atoms with Crippen LogP contribution in [0.5, 0.6) is 0 Å². The Kier molecular flexibility index (Phi) is 2.45. The Balaban J connectivity index is 2.21. The first-order valence-electron chi connectivity index (χ1n) is 5.64. The molecule has 3 rings (SSSR count). The number of halogens is 1. The number of anilines is 1. The topological polar surface area (TPSA) is 38.9 Å². The van der Waals surface area contributed by atoms with Gasteiger partial charge in [0.2, 0.25) is 0 Å². The smallest absolute Gasteiger partial charge is 0.123 e. The van der Waals surface area contributed by atoms with Crippen LogP contribution in [-0.2, 0) is 0 Å². The summed E-state index contributed by atoms with van der Waals surface area (Å²) in [6.07, 6.45) is 1.72. The highest BCUT2D eigenvalue weighted by Crippen LogP contribution is 2.28. The fourth-order valence-corrected chi connectivity index (χ4v) is 2.03. The molecule has 0 aliphatic rings. The monoisotopic (exact) mass is 238 g/mol.